The minimum atomic E-state index is 0.482. The third kappa shape index (κ3) is 1.91. The first kappa shape index (κ1) is 10.6. The molecule has 0 fully saturated rings. The molecule has 2 rings (SSSR count). The van der Waals surface area contributed by atoms with Crippen molar-refractivity contribution < 1.29 is 0 Å². The molecule has 0 aromatic carbocycles. The van der Waals surface area contributed by atoms with E-state index < -0.39 is 0 Å². The summed E-state index contributed by atoms with van der Waals surface area (Å²) in [4.78, 5) is 5.68. The maximum atomic E-state index is 4.65. The molecule has 0 radical (unpaired) electrons. The van der Waals surface area contributed by atoms with Crippen LogP contribution in [0.1, 0.15) is 45.0 Å². The van der Waals surface area contributed by atoms with Gasteiger partial charge in [0.05, 0.1) is 11.4 Å². The van der Waals surface area contributed by atoms with Gasteiger partial charge in [0, 0.05) is 0 Å². The van der Waals surface area contributed by atoms with Crippen LogP contribution >= 0.6 is 11.3 Å². The quantitative estimate of drug-likeness (QED) is 0.800. The zero-order chi connectivity index (χ0) is 11.0. The van der Waals surface area contributed by atoms with E-state index in [-0.39, 0.29) is 0 Å². The molecule has 15 heavy (non-hydrogen) atoms. The second kappa shape index (κ2) is 3.93. The Morgan fingerprint density at radius 3 is 2.67 bits per heavy atom. The van der Waals surface area contributed by atoms with E-state index in [0.717, 1.165) is 11.4 Å². The fourth-order valence-corrected chi connectivity index (χ4v) is 2.51. The lowest BCUT2D eigenvalue weighted by Crippen LogP contribution is -2.03. The van der Waals surface area contributed by atoms with Crippen molar-refractivity contribution in [2.45, 2.75) is 40.0 Å². The Bertz CT molecular complexity index is 453. The molecule has 3 nitrogen and oxygen atoms in total. The Morgan fingerprint density at radius 1 is 1.33 bits per heavy atom. The van der Waals surface area contributed by atoms with Crippen LogP contribution in [-0.2, 0) is 6.42 Å². The Labute approximate surface area is 94.2 Å². The summed E-state index contributed by atoms with van der Waals surface area (Å²) in [5.74, 6) is 1.13. The van der Waals surface area contributed by atoms with E-state index in [0.29, 0.717) is 11.8 Å². The van der Waals surface area contributed by atoms with Crippen LogP contribution in [0.25, 0.3) is 4.96 Å². The fourth-order valence-electron chi connectivity index (χ4n) is 1.87. The highest BCUT2D eigenvalue weighted by Gasteiger charge is 2.17. The number of aromatic nitrogens is 3. The Balaban J connectivity index is 2.52. The monoisotopic (exact) mass is 223 g/mol. The Hall–Kier alpha value is -0.900. The average molecular weight is 223 g/mol. The van der Waals surface area contributed by atoms with Gasteiger partial charge in [-0.2, -0.15) is 5.10 Å². The molecule has 0 atom stereocenters. The molecule has 0 saturated carbocycles. The van der Waals surface area contributed by atoms with E-state index in [4.69, 9.17) is 0 Å². The Morgan fingerprint density at radius 2 is 2.07 bits per heavy atom. The summed E-state index contributed by atoms with van der Waals surface area (Å²) in [7, 11) is 0. The molecule has 0 unspecified atom stereocenters. The molecule has 0 N–H and O–H groups in total. The zero-order valence-electron chi connectivity index (χ0n) is 9.69. The molecule has 2 aromatic heterocycles. The maximum absolute atomic E-state index is 4.65. The van der Waals surface area contributed by atoms with Crippen molar-refractivity contribution in [2.75, 3.05) is 0 Å². The number of hydrogen-bond donors (Lipinski definition) is 0. The van der Waals surface area contributed by atoms with E-state index >= 15 is 0 Å². The third-order valence-corrected chi connectivity index (χ3v) is 3.08. The summed E-state index contributed by atoms with van der Waals surface area (Å²) in [5.41, 5.74) is 4.35. The summed E-state index contributed by atoms with van der Waals surface area (Å²) in [6.45, 7) is 8.86. The van der Waals surface area contributed by atoms with Crippen LogP contribution < -0.4 is 0 Å². The second-order valence-electron chi connectivity index (χ2n) is 4.63. The number of fused-ring (bicyclic) bond motifs is 1. The van der Waals surface area contributed by atoms with Gasteiger partial charge < -0.3 is 0 Å². The molecular weight excluding hydrogens is 206 g/mol. The summed E-state index contributed by atoms with van der Waals surface area (Å²) in [6.07, 6.45) is 1.05. The van der Waals surface area contributed by atoms with Gasteiger partial charge in [-0.3, -0.25) is 0 Å². The summed E-state index contributed by atoms with van der Waals surface area (Å²) < 4.78 is 1.99. The maximum Gasteiger partial charge on any atom is 0.212 e. The normalized spacial score (nSPS) is 12.1. The van der Waals surface area contributed by atoms with Crippen LogP contribution in [0.3, 0.4) is 0 Å². The van der Waals surface area contributed by atoms with Crippen LogP contribution in [-0.4, -0.2) is 14.6 Å². The fraction of sp³-hybridized carbons (Fsp3) is 0.636. The minimum absolute atomic E-state index is 0.482. The van der Waals surface area contributed by atoms with Crippen molar-refractivity contribution in [2.24, 2.45) is 5.92 Å². The van der Waals surface area contributed by atoms with Crippen molar-refractivity contribution in [1.29, 1.82) is 0 Å². The smallest absolute Gasteiger partial charge is 0.212 e. The summed E-state index contributed by atoms with van der Waals surface area (Å²) >= 11 is 1.61. The summed E-state index contributed by atoms with van der Waals surface area (Å²) in [6, 6.07) is 0. The lowest BCUT2D eigenvalue weighted by atomic mass is 10.0. The molecule has 0 bridgehead atoms. The summed E-state index contributed by atoms with van der Waals surface area (Å²) in [5, 5.41) is 4.34. The Kier molecular flexibility index (Phi) is 2.78. The van der Waals surface area contributed by atoms with Gasteiger partial charge in [0.1, 0.15) is 5.51 Å². The van der Waals surface area contributed by atoms with Crippen molar-refractivity contribution >= 4 is 16.3 Å². The van der Waals surface area contributed by atoms with Gasteiger partial charge in [-0.15, -0.1) is 0 Å². The van der Waals surface area contributed by atoms with Gasteiger partial charge >= 0.3 is 0 Å². The van der Waals surface area contributed by atoms with Crippen molar-refractivity contribution in [1.82, 2.24) is 14.6 Å². The molecule has 4 heteroatoms. The number of hydrogen-bond acceptors (Lipinski definition) is 3. The number of imidazole rings is 1. The highest BCUT2D eigenvalue weighted by molar-refractivity contribution is 7.14. The van der Waals surface area contributed by atoms with E-state index in [1.807, 2.05) is 10.0 Å². The predicted octanol–water partition coefficient (Wildman–Crippen LogP) is 3.11. The second-order valence-corrected chi connectivity index (χ2v) is 5.44. The van der Waals surface area contributed by atoms with Gasteiger partial charge in [-0.05, 0) is 18.3 Å². The highest BCUT2D eigenvalue weighted by atomic mass is 32.1. The average Bonchev–Trinajstić information content (AvgIpc) is 2.60. The molecule has 0 spiro atoms. The SMILES string of the molecule is CC(C)Cc1nc2scnn2c1C(C)C. The third-order valence-electron chi connectivity index (χ3n) is 2.40. The first-order chi connectivity index (χ1) is 7.09. The molecule has 0 aliphatic heterocycles. The van der Waals surface area contributed by atoms with E-state index in [1.54, 1.807) is 11.3 Å². The molecular formula is C11H17N3S. The standard InChI is InChI=1S/C11H17N3S/c1-7(2)5-9-10(8(3)4)14-11(13-9)15-6-12-14/h6-8H,5H2,1-4H3. The molecule has 2 aromatic rings. The number of rotatable bonds is 3. The van der Waals surface area contributed by atoms with E-state index in [2.05, 4.69) is 37.8 Å². The van der Waals surface area contributed by atoms with Crippen molar-refractivity contribution in [3.63, 3.8) is 0 Å². The van der Waals surface area contributed by atoms with Crippen molar-refractivity contribution in [3.05, 3.63) is 16.9 Å². The van der Waals surface area contributed by atoms with Crippen molar-refractivity contribution in [3.8, 4) is 0 Å². The first-order valence-electron chi connectivity index (χ1n) is 5.40. The molecule has 0 saturated heterocycles. The predicted molar refractivity (Wildman–Crippen MR) is 63.5 cm³/mol. The van der Waals surface area contributed by atoms with Crippen LogP contribution in [0.5, 0.6) is 0 Å². The van der Waals surface area contributed by atoms with Gasteiger partial charge in [0.15, 0.2) is 0 Å². The van der Waals surface area contributed by atoms with Gasteiger partial charge in [-0.1, -0.05) is 39.0 Å². The lowest BCUT2D eigenvalue weighted by molar-refractivity contribution is 0.623. The van der Waals surface area contributed by atoms with Gasteiger partial charge in [-0.25, -0.2) is 9.50 Å². The topological polar surface area (TPSA) is 30.2 Å². The van der Waals surface area contributed by atoms with Crippen LogP contribution in [0, 0.1) is 5.92 Å². The van der Waals surface area contributed by atoms with E-state index in [1.165, 1.54) is 11.4 Å². The van der Waals surface area contributed by atoms with Crippen LogP contribution in [0.2, 0.25) is 0 Å². The highest BCUT2D eigenvalue weighted by Crippen LogP contribution is 2.24. The first-order valence-corrected chi connectivity index (χ1v) is 6.28. The van der Waals surface area contributed by atoms with Gasteiger partial charge in [0.25, 0.3) is 0 Å². The molecule has 0 amide bonds. The molecule has 82 valence electrons. The molecule has 0 aliphatic carbocycles. The van der Waals surface area contributed by atoms with Crippen LogP contribution in [0.4, 0.5) is 0 Å². The van der Waals surface area contributed by atoms with Gasteiger partial charge in [0.2, 0.25) is 4.96 Å². The largest absolute Gasteiger partial charge is 0.222 e. The zero-order valence-corrected chi connectivity index (χ0v) is 10.5. The molecule has 2 heterocycles. The van der Waals surface area contributed by atoms with E-state index in [9.17, 15) is 0 Å². The minimum Gasteiger partial charge on any atom is -0.222 e. The van der Waals surface area contributed by atoms with Crippen LogP contribution in [0.15, 0.2) is 5.51 Å². The molecule has 0 aliphatic rings. The number of nitrogens with zero attached hydrogens (tertiary/aromatic N) is 3. The lowest BCUT2D eigenvalue weighted by Gasteiger charge is -2.08.